The number of nitrogens with one attached hydrogen (secondary N) is 3. The van der Waals surface area contributed by atoms with Crippen molar-refractivity contribution in [2.24, 2.45) is 0 Å². The van der Waals surface area contributed by atoms with Crippen molar-refractivity contribution in [3.8, 4) is 5.75 Å². The molecule has 0 spiro atoms. The van der Waals surface area contributed by atoms with Crippen molar-refractivity contribution in [2.45, 2.75) is 25.2 Å². The normalized spacial score (nSPS) is 14.3. The van der Waals surface area contributed by atoms with Gasteiger partial charge < -0.3 is 15.4 Å². The summed E-state index contributed by atoms with van der Waals surface area (Å²) in [5.41, 5.74) is 4.65. The summed E-state index contributed by atoms with van der Waals surface area (Å²) < 4.78 is 5.72. The largest absolute Gasteiger partial charge is 0.495 e. The Balaban J connectivity index is 1.53. The number of aromatic amines is 1. The van der Waals surface area contributed by atoms with Crippen molar-refractivity contribution in [1.82, 2.24) is 20.5 Å². The van der Waals surface area contributed by atoms with Crippen LogP contribution in [0.25, 0.3) is 10.9 Å². The number of fused-ring (bicyclic) bond motifs is 1. The molecule has 8 heteroatoms. The smallest absolute Gasteiger partial charge is 0.275 e. The highest BCUT2D eigenvalue weighted by atomic mass is 35.5. The van der Waals surface area contributed by atoms with Crippen LogP contribution in [-0.2, 0) is 6.42 Å². The molecule has 2 aromatic heterocycles. The lowest BCUT2D eigenvalue weighted by Crippen LogP contribution is -2.26. The summed E-state index contributed by atoms with van der Waals surface area (Å²) in [6.07, 6.45) is 4.32. The van der Waals surface area contributed by atoms with Crippen molar-refractivity contribution in [2.75, 3.05) is 25.5 Å². The van der Waals surface area contributed by atoms with E-state index in [1.165, 1.54) is 5.56 Å². The summed E-state index contributed by atoms with van der Waals surface area (Å²) in [5, 5.41) is 14.4. The van der Waals surface area contributed by atoms with Gasteiger partial charge in [-0.05, 0) is 67.2 Å². The van der Waals surface area contributed by atoms with E-state index >= 15 is 0 Å². The molecule has 1 aliphatic rings. The molecular formula is C26H26ClN5O2. The van der Waals surface area contributed by atoms with E-state index < -0.39 is 0 Å². The zero-order valence-corrected chi connectivity index (χ0v) is 19.7. The van der Waals surface area contributed by atoms with Crippen LogP contribution >= 0.6 is 11.6 Å². The SMILES string of the molecule is COc1cc(C2CCNCC2)ccc1Nc1cc(Cc2ccccc2Cl)nc2cn[nH]c(=O)c12. The quantitative estimate of drug-likeness (QED) is 0.371. The lowest BCUT2D eigenvalue weighted by atomic mass is 9.90. The van der Waals surface area contributed by atoms with Crippen LogP contribution in [-0.4, -0.2) is 35.4 Å². The standard InChI is InChI=1S/C26H26ClN5O2/c1-34-24-13-17(16-8-10-28-11-9-16)6-7-21(24)31-22-14-19(12-18-4-2-3-5-20(18)27)30-23-15-29-32-26(33)25(22)23/h2-7,13-16,28H,8-12H2,1H3,(H,30,31)(H,32,33). The van der Waals surface area contributed by atoms with Gasteiger partial charge in [-0.25, -0.2) is 5.10 Å². The van der Waals surface area contributed by atoms with E-state index in [-0.39, 0.29) is 5.56 Å². The van der Waals surface area contributed by atoms with Gasteiger partial charge in [0, 0.05) is 17.1 Å². The Morgan fingerprint density at radius 2 is 1.94 bits per heavy atom. The predicted octanol–water partition coefficient (Wildman–Crippen LogP) is 4.78. The first-order valence-corrected chi connectivity index (χ1v) is 11.8. The molecule has 2 aromatic carbocycles. The molecule has 7 nitrogen and oxygen atoms in total. The molecule has 1 aliphatic heterocycles. The lowest BCUT2D eigenvalue weighted by Gasteiger charge is -2.24. The number of hydrogen-bond donors (Lipinski definition) is 3. The molecule has 1 saturated heterocycles. The molecule has 0 aliphatic carbocycles. The van der Waals surface area contributed by atoms with E-state index in [1.807, 2.05) is 36.4 Å². The van der Waals surface area contributed by atoms with Gasteiger partial charge in [0.2, 0.25) is 0 Å². The maximum absolute atomic E-state index is 12.7. The number of halogens is 1. The fourth-order valence-electron chi connectivity index (χ4n) is 4.55. The molecule has 4 aromatic rings. The minimum absolute atomic E-state index is 0.304. The number of rotatable bonds is 6. The van der Waals surface area contributed by atoms with Crippen LogP contribution in [0.4, 0.5) is 11.4 Å². The van der Waals surface area contributed by atoms with Gasteiger partial charge in [0.1, 0.15) is 5.75 Å². The first-order valence-electron chi connectivity index (χ1n) is 11.4. The van der Waals surface area contributed by atoms with Gasteiger partial charge in [0.25, 0.3) is 5.56 Å². The Hall–Kier alpha value is -3.42. The third kappa shape index (κ3) is 4.62. The van der Waals surface area contributed by atoms with Crippen LogP contribution in [0.1, 0.15) is 35.6 Å². The van der Waals surface area contributed by atoms with Crippen LogP contribution in [0.2, 0.25) is 5.02 Å². The molecule has 1 fully saturated rings. The fourth-order valence-corrected chi connectivity index (χ4v) is 4.75. The summed E-state index contributed by atoms with van der Waals surface area (Å²) in [5.74, 6) is 1.25. The molecule has 0 amide bonds. The van der Waals surface area contributed by atoms with Crippen molar-refractivity contribution in [3.63, 3.8) is 0 Å². The number of benzene rings is 2. The van der Waals surface area contributed by atoms with Gasteiger partial charge in [-0.2, -0.15) is 5.10 Å². The van der Waals surface area contributed by atoms with E-state index in [1.54, 1.807) is 13.3 Å². The first kappa shape index (κ1) is 22.4. The molecule has 34 heavy (non-hydrogen) atoms. The number of nitrogens with zero attached hydrogens (tertiary/aromatic N) is 2. The third-order valence-corrected chi connectivity index (χ3v) is 6.68. The first-order chi connectivity index (χ1) is 16.6. The lowest BCUT2D eigenvalue weighted by molar-refractivity contribution is 0.413. The molecular weight excluding hydrogens is 450 g/mol. The second kappa shape index (κ2) is 9.83. The maximum atomic E-state index is 12.7. The minimum Gasteiger partial charge on any atom is -0.495 e. The number of pyridine rings is 1. The Labute approximate surface area is 202 Å². The second-order valence-corrected chi connectivity index (χ2v) is 8.90. The van der Waals surface area contributed by atoms with Gasteiger partial charge in [-0.1, -0.05) is 35.9 Å². The van der Waals surface area contributed by atoms with Crippen molar-refractivity contribution in [1.29, 1.82) is 0 Å². The monoisotopic (exact) mass is 475 g/mol. The van der Waals surface area contributed by atoms with Gasteiger partial charge in [-0.15, -0.1) is 0 Å². The molecule has 0 atom stereocenters. The molecule has 0 unspecified atom stereocenters. The van der Waals surface area contributed by atoms with E-state index in [0.29, 0.717) is 34.0 Å². The number of piperidine rings is 1. The number of anilines is 2. The maximum Gasteiger partial charge on any atom is 0.275 e. The molecule has 0 bridgehead atoms. The van der Waals surface area contributed by atoms with E-state index in [0.717, 1.165) is 48.6 Å². The average molecular weight is 476 g/mol. The van der Waals surface area contributed by atoms with Crippen LogP contribution in [0.15, 0.2) is 59.5 Å². The zero-order chi connectivity index (χ0) is 23.5. The number of H-pyrrole nitrogens is 1. The summed E-state index contributed by atoms with van der Waals surface area (Å²) in [6.45, 7) is 2.06. The number of ether oxygens (including phenoxy) is 1. The van der Waals surface area contributed by atoms with E-state index in [2.05, 4.69) is 37.9 Å². The van der Waals surface area contributed by atoms with E-state index in [9.17, 15) is 4.79 Å². The van der Waals surface area contributed by atoms with Gasteiger partial charge in [0.05, 0.1) is 35.6 Å². The Morgan fingerprint density at radius 3 is 2.74 bits per heavy atom. The van der Waals surface area contributed by atoms with Crippen LogP contribution in [0.3, 0.4) is 0 Å². The molecule has 3 N–H and O–H groups in total. The third-order valence-electron chi connectivity index (χ3n) is 6.32. The minimum atomic E-state index is -0.304. The number of methoxy groups -OCH3 is 1. The van der Waals surface area contributed by atoms with Gasteiger partial charge in [0.15, 0.2) is 0 Å². The van der Waals surface area contributed by atoms with Crippen molar-refractivity contribution < 1.29 is 4.74 Å². The second-order valence-electron chi connectivity index (χ2n) is 8.50. The fraction of sp³-hybridized carbons (Fsp3) is 0.269. The van der Waals surface area contributed by atoms with E-state index in [4.69, 9.17) is 16.3 Å². The topological polar surface area (TPSA) is 91.9 Å². The summed E-state index contributed by atoms with van der Waals surface area (Å²) in [4.78, 5) is 17.3. The highest BCUT2D eigenvalue weighted by Crippen LogP contribution is 2.35. The summed E-state index contributed by atoms with van der Waals surface area (Å²) in [6, 6.07) is 15.8. The molecule has 0 saturated carbocycles. The highest BCUT2D eigenvalue weighted by Gasteiger charge is 2.18. The Morgan fingerprint density at radius 1 is 1.12 bits per heavy atom. The summed E-state index contributed by atoms with van der Waals surface area (Å²) in [7, 11) is 1.66. The van der Waals surface area contributed by atoms with Crippen molar-refractivity contribution in [3.05, 3.63) is 86.9 Å². The van der Waals surface area contributed by atoms with Gasteiger partial charge >= 0.3 is 0 Å². The van der Waals surface area contributed by atoms with Crippen LogP contribution in [0, 0.1) is 0 Å². The zero-order valence-electron chi connectivity index (χ0n) is 18.9. The number of aromatic nitrogens is 3. The number of hydrogen-bond acceptors (Lipinski definition) is 6. The van der Waals surface area contributed by atoms with Crippen LogP contribution < -0.4 is 20.9 Å². The highest BCUT2D eigenvalue weighted by molar-refractivity contribution is 6.31. The molecule has 174 valence electrons. The molecule has 3 heterocycles. The van der Waals surface area contributed by atoms with Crippen molar-refractivity contribution >= 4 is 33.9 Å². The summed E-state index contributed by atoms with van der Waals surface area (Å²) >= 11 is 6.37. The predicted molar refractivity (Wildman–Crippen MR) is 136 cm³/mol. The van der Waals surface area contributed by atoms with Gasteiger partial charge in [-0.3, -0.25) is 9.78 Å². The average Bonchev–Trinajstić information content (AvgIpc) is 2.86. The molecule has 0 radical (unpaired) electrons. The Kier molecular flexibility index (Phi) is 6.47. The van der Waals surface area contributed by atoms with Crippen LogP contribution in [0.5, 0.6) is 5.75 Å². The Bertz CT molecular complexity index is 1380. The molecule has 5 rings (SSSR count).